The van der Waals surface area contributed by atoms with Crippen molar-refractivity contribution in [2.75, 3.05) is 12.3 Å². The summed E-state index contributed by atoms with van der Waals surface area (Å²) in [6.07, 6.45) is 4.97. The van der Waals surface area contributed by atoms with Crippen LogP contribution in [0.1, 0.15) is 48.3 Å². The number of carbonyl (C=O) groups excluding carboxylic acids is 1. The standard InChI is InChI=1S/C16H21N3OS/c1-2-6-18-10-13(17)9-15(18)16(20)19-7-3-4-14(19)12-5-8-21-11-12/h5,8-11,14H,2-4,6-7,17H2,1H3. The van der Waals surface area contributed by atoms with Crippen molar-refractivity contribution in [1.29, 1.82) is 0 Å². The van der Waals surface area contributed by atoms with E-state index in [9.17, 15) is 4.79 Å². The number of nitrogen functional groups attached to an aromatic ring is 1. The number of rotatable bonds is 4. The number of nitrogens with zero attached hydrogens (tertiary/aromatic N) is 2. The second-order valence-electron chi connectivity index (χ2n) is 5.57. The quantitative estimate of drug-likeness (QED) is 0.939. The smallest absolute Gasteiger partial charge is 0.271 e. The Labute approximate surface area is 129 Å². The number of hydrogen-bond donors (Lipinski definition) is 1. The zero-order valence-corrected chi connectivity index (χ0v) is 13.1. The molecular weight excluding hydrogens is 282 g/mol. The number of aromatic nitrogens is 1. The summed E-state index contributed by atoms with van der Waals surface area (Å²) in [5.41, 5.74) is 8.53. The third kappa shape index (κ3) is 2.70. The first kappa shape index (κ1) is 14.2. The molecule has 0 aromatic carbocycles. The van der Waals surface area contributed by atoms with Gasteiger partial charge in [-0.2, -0.15) is 11.3 Å². The SMILES string of the molecule is CCCn1cc(N)cc1C(=O)N1CCCC1c1ccsc1. The Balaban J connectivity index is 1.87. The van der Waals surface area contributed by atoms with Gasteiger partial charge in [0.1, 0.15) is 5.69 Å². The van der Waals surface area contributed by atoms with Gasteiger partial charge in [-0.3, -0.25) is 4.79 Å². The van der Waals surface area contributed by atoms with Crippen LogP contribution in [-0.2, 0) is 6.54 Å². The van der Waals surface area contributed by atoms with E-state index in [1.807, 2.05) is 15.7 Å². The van der Waals surface area contributed by atoms with Crippen LogP contribution in [0.15, 0.2) is 29.1 Å². The highest BCUT2D eigenvalue weighted by Gasteiger charge is 2.32. The molecule has 1 aliphatic heterocycles. The molecule has 3 rings (SSSR count). The van der Waals surface area contributed by atoms with Crippen molar-refractivity contribution >= 4 is 22.9 Å². The van der Waals surface area contributed by atoms with Crippen LogP contribution in [-0.4, -0.2) is 21.9 Å². The topological polar surface area (TPSA) is 51.3 Å². The van der Waals surface area contributed by atoms with Crippen LogP contribution in [0.25, 0.3) is 0 Å². The molecule has 5 heteroatoms. The number of amides is 1. The Hall–Kier alpha value is -1.75. The van der Waals surface area contributed by atoms with E-state index < -0.39 is 0 Å². The number of thiophene rings is 1. The monoisotopic (exact) mass is 303 g/mol. The maximum atomic E-state index is 12.9. The summed E-state index contributed by atoms with van der Waals surface area (Å²) in [6, 6.07) is 4.15. The predicted molar refractivity (Wildman–Crippen MR) is 86.5 cm³/mol. The van der Waals surface area contributed by atoms with Crippen molar-refractivity contribution in [1.82, 2.24) is 9.47 Å². The minimum absolute atomic E-state index is 0.105. The normalized spacial score (nSPS) is 18.3. The van der Waals surface area contributed by atoms with Crippen LogP contribution >= 0.6 is 11.3 Å². The summed E-state index contributed by atoms with van der Waals surface area (Å²) in [7, 11) is 0. The molecule has 1 fully saturated rings. The summed E-state index contributed by atoms with van der Waals surface area (Å²) in [5.74, 6) is 0.105. The van der Waals surface area contributed by atoms with Gasteiger partial charge in [-0.05, 0) is 47.7 Å². The molecule has 4 nitrogen and oxygen atoms in total. The largest absolute Gasteiger partial charge is 0.397 e. The zero-order valence-electron chi connectivity index (χ0n) is 12.3. The average Bonchev–Trinajstić information content (AvgIpc) is 3.17. The number of likely N-dealkylation sites (tertiary alicyclic amines) is 1. The lowest BCUT2D eigenvalue weighted by Gasteiger charge is -2.24. The summed E-state index contributed by atoms with van der Waals surface area (Å²) < 4.78 is 1.99. The zero-order chi connectivity index (χ0) is 14.8. The minimum atomic E-state index is 0.105. The van der Waals surface area contributed by atoms with Crippen LogP contribution in [0.5, 0.6) is 0 Å². The Morgan fingerprint density at radius 2 is 2.38 bits per heavy atom. The molecule has 2 aromatic heterocycles. The molecule has 0 saturated carbocycles. The molecule has 2 N–H and O–H groups in total. The molecule has 0 aliphatic carbocycles. The summed E-state index contributed by atoms with van der Waals surface area (Å²) in [5, 5.41) is 4.23. The van der Waals surface area contributed by atoms with Crippen molar-refractivity contribution in [3.05, 3.63) is 40.3 Å². The molecule has 0 bridgehead atoms. The molecule has 0 radical (unpaired) electrons. The molecule has 2 aromatic rings. The summed E-state index contributed by atoms with van der Waals surface area (Å²) in [4.78, 5) is 14.9. The van der Waals surface area contributed by atoms with E-state index in [4.69, 9.17) is 5.73 Å². The third-order valence-electron chi connectivity index (χ3n) is 4.04. The predicted octanol–water partition coefficient (Wildman–Crippen LogP) is 3.52. The molecule has 1 saturated heterocycles. The van der Waals surface area contributed by atoms with Gasteiger partial charge in [0.2, 0.25) is 0 Å². The summed E-state index contributed by atoms with van der Waals surface area (Å²) in [6.45, 7) is 3.76. The van der Waals surface area contributed by atoms with E-state index in [0.29, 0.717) is 5.69 Å². The molecule has 1 atom stereocenters. The number of hydrogen-bond acceptors (Lipinski definition) is 3. The Bertz CT molecular complexity index is 618. The van der Waals surface area contributed by atoms with Gasteiger partial charge in [-0.25, -0.2) is 0 Å². The van der Waals surface area contributed by atoms with Gasteiger partial charge in [0.05, 0.1) is 11.7 Å². The first-order chi connectivity index (χ1) is 10.2. The average molecular weight is 303 g/mol. The van der Waals surface area contributed by atoms with Gasteiger partial charge in [0.15, 0.2) is 0 Å². The highest BCUT2D eigenvalue weighted by atomic mass is 32.1. The van der Waals surface area contributed by atoms with E-state index in [0.717, 1.165) is 38.0 Å². The van der Waals surface area contributed by atoms with E-state index in [1.165, 1.54) is 5.56 Å². The summed E-state index contributed by atoms with van der Waals surface area (Å²) >= 11 is 1.69. The maximum absolute atomic E-state index is 12.9. The number of carbonyl (C=O) groups is 1. The van der Waals surface area contributed by atoms with Gasteiger partial charge in [-0.15, -0.1) is 0 Å². The Kier molecular flexibility index (Phi) is 4.01. The van der Waals surface area contributed by atoms with Crippen molar-refractivity contribution in [3.63, 3.8) is 0 Å². The Morgan fingerprint density at radius 3 is 3.10 bits per heavy atom. The van der Waals surface area contributed by atoms with Crippen molar-refractivity contribution in [2.24, 2.45) is 0 Å². The Morgan fingerprint density at radius 1 is 1.52 bits per heavy atom. The van der Waals surface area contributed by atoms with Crippen LogP contribution in [0, 0.1) is 0 Å². The van der Waals surface area contributed by atoms with Gasteiger partial charge in [-0.1, -0.05) is 6.92 Å². The van der Waals surface area contributed by atoms with E-state index in [2.05, 4.69) is 23.8 Å². The van der Waals surface area contributed by atoms with Crippen molar-refractivity contribution in [2.45, 2.75) is 38.8 Å². The molecular formula is C16H21N3OS. The molecule has 1 unspecified atom stereocenters. The second-order valence-corrected chi connectivity index (χ2v) is 6.35. The van der Waals surface area contributed by atoms with Crippen LogP contribution < -0.4 is 5.73 Å². The number of aryl methyl sites for hydroxylation is 1. The fourth-order valence-corrected chi connectivity index (χ4v) is 3.81. The van der Waals surface area contributed by atoms with Crippen molar-refractivity contribution in [3.8, 4) is 0 Å². The van der Waals surface area contributed by atoms with Crippen LogP contribution in [0.3, 0.4) is 0 Å². The highest BCUT2D eigenvalue weighted by Crippen LogP contribution is 2.34. The molecule has 1 aliphatic rings. The fourth-order valence-electron chi connectivity index (χ4n) is 3.11. The fraction of sp³-hybridized carbons (Fsp3) is 0.438. The second kappa shape index (κ2) is 5.93. The van der Waals surface area contributed by atoms with Gasteiger partial charge < -0.3 is 15.2 Å². The number of nitrogens with two attached hydrogens (primary N) is 1. The van der Waals surface area contributed by atoms with Gasteiger partial charge in [0.25, 0.3) is 5.91 Å². The molecule has 3 heterocycles. The van der Waals surface area contributed by atoms with Crippen molar-refractivity contribution < 1.29 is 4.79 Å². The molecule has 1 amide bonds. The van der Waals surface area contributed by atoms with Crippen LogP contribution in [0.4, 0.5) is 5.69 Å². The lowest BCUT2D eigenvalue weighted by atomic mass is 10.1. The van der Waals surface area contributed by atoms with E-state index in [-0.39, 0.29) is 11.9 Å². The first-order valence-corrected chi connectivity index (χ1v) is 8.43. The molecule has 0 spiro atoms. The number of anilines is 1. The lowest BCUT2D eigenvalue weighted by molar-refractivity contribution is 0.0724. The van der Waals surface area contributed by atoms with E-state index in [1.54, 1.807) is 17.4 Å². The molecule has 21 heavy (non-hydrogen) atoms. The molecule has 112 valence electrons. The minimum Gasteiger partial charge on any atom is -0.397 e. The van der Waals surface area contributed by atoms with Gasteiger partial charge >= 0.3 is 0 Å². The first-order valence-electron chi connectivity index (χ1n) is 7.49. The lowest BCUT2D eigenvalue weighted by Crippen LogP contribution is -2.32. The van der Waals surface area contributed by atoms with E-state index >= 15 is 0 Å². The maximum Gasteiger partial charge on any atom is 0.271 e. The van der Waals surface area contributed by atoms with Gasteiger partial charge in [0, 0.05) is 19.3 Å². The third-order valence-corrected chi connectivity index (χ3v) is 4.74. The van der Waals surface area contributed by atoms with Crippen LogP contribution in [0.2, 0.25) is 0 Å². The highest BCUT2D eigenvalue weighted by molar-refractivity contribution is 7.07.